The molecule has 4 rings (SSSR count). The third kappa shape index (κ3) is 2.76. The topological polar surface area (TPSA) is 55.9 Å². The van der Waals surface area contributed by atoms with Crippen LogP contribution in [-0.2, 0) is 13.1 Å². The normalized spacial score (nSPS) is 21.8. The van der Waals surface area contributed by atoms with Crippen molar-refractivity contribution >= 4 is 11.4 Å². The number of nitrogen functional groups attached to an aromatic ring is 1. The molecule has 0 spiro atoms. The zero-order valence-corrected chi connectivity index (χ0v) is 15.5. The van der Waals surface area contributed by atoms with E-state index < -0.39 is 0 Å². The first kappa shape index (κ1) is 17.0. The monoisotopic (exact) mass is 352 g/mol. The van der Waals surface area contributed by atoms with Crippen LogP contribution in [0.2, 0.25) is 0 Å². The number of anilines is 1. The van der Waals surface area contributed by atoms with Gasteiger partial charge >= 0.3 is 0 Å². The van der Waals surface area contributed by atoms with Crippen molar-refractivity contribution in [2.45, 2.75) is 39.8 Å². The summed E-state index contributed by atoms with van der Waals surface area (Å²) in [5, 5.41) is 3.35. The van der Waals surface area contributed by atoms with Gasteiger partial charge in [0.1, 0.15) is 17.5 Å². The number of benzene rings is 1. The molecule has 2 aliphatic rings. The van der Waals surface area contributed by atoms with Gasteiger partial charge in [0.05, 0.1) is 12.2 Å². The van der Waals surface area contributed by atoms with E-state index in [9.17, 15) is 4.39 Å². The maximum absolute atomic E-state index is 13.8. The minimum absolute atomic E-state index is 0.0440. The second kappa shape index (κ2) is 6.09. The first-order valence-corrected chi connectivity index (χ1v) is 9.10. The van der Waals surface area contributed by atoms with Crippen molar-refractivity contribution in [2.75, 3.05) is 12.3 Å². The molecule has 1 unspecified atom stereocenters. The van der Waals surface area contributed by atoms with E-state index in [1.165, 1.54) is 6.07 Å². The SMILES string of the molecule is CC1=CC(C)(C)C(c2nc3n(c2N)CCNC3)C=C1c1cccc(F)c1. The Bertz CT molecular complexity index is 920. The van der Waals surface area contributed by atoms with Gasteiger partial charge in [0.25, 0.3) is 0 Å². The summed E-state index contributed by atoms with van der Waals surface area (Å²) in [6.45, 7) is 8.99. The first-order valence-electron chi connectivity index (χ1n) is 9.10. The van der Waals surface area contributed by atoms with Crippen molar-refractivity contribution in [1.29, 1.82) is 0 Å². The second-order valence-electron chi connectivity index (χ2n) is 7.84. The highest BCUT2D eigenvalue weighted by molar-refractivity contribution is 5.81. The van der Waals surface area contributed by atoms with Crippen molar-refractivity contribution in [1.82, 2.24) is 14.9 Å². The maximum atomic E-state index is 13.8. The van der Waals surface area contributed by atoms with E-state index in [-0.39, 0.29) is 17.2 Å². The van der Waals surface area contributed by atoms with Gasteiger partial charge in [-0.15, -0.1) is 0 Å². The third-order valence-corrected chi connectivity index (χ3v) is 5.49. The van der Waals surface area contributed by atoms with Crippen molar-refractivity contribution in [3.8, 4) is 0 Å². The van der Waals surface area contributed by atoms with Crippen LogP contribution < -0.4 is 11.1 Å². The first-order chi connectivity index (χ1) is 12.4. The van der Waals surface area contributed by atoms with E-state index in [4.69, 9.17) is 10.7 Å². The minimum atomic E-state index is -0.222. The summed E-state index contributed by atoms with van der Waals surface area (Å²) in [6.07, 6.45) is 4.47. The van der Waals surface area contributed by atoms with Crippen molar-refractivity contribution in [2.24, 2.45) is 5.41 Å². The summed E-state index contributed by atoms with van der Waals surface area (Å²) < 4.78 is 15.9. The average molecular weight is 352 g/mol. The zero-order valence-electron chi connectivity index (χ0n) is 15.5. The number of imidazole rings is 1. The number of nitrogens with two attached hydrogens (primary N) is 1. The van der Waals surface area contributed by atoms with Gasteiger partial charge in [0.15, 0.2) is 0 Å². The van der Waals surface area contributed by atoms with Crippen LogP contribution >= 0.6 is 0 Å². The number of hydrogen-bond donors (Lipinski definition) is 2. The van der Waals surface area contributed by atoms with Gasteiger partial charge < -0.3 is 15.6 Å². The summed E-state index contributed by atoms with van der Waals surface area (Å²) in [6, 6.07) is 6.77. The molecular weight excluding hydrogens is 327 g/mol. The fourth-order valence-electron chi connectivity index (χ4n) is 4.19. The second-order valence-corrected chi connectivity index (χ2v) is 7.84. The number of rotatable bonds is 2. The van der Waals surface area contributed by atoms with Crippen molar-refractivity contribution in [3.05, 3.63) is 64.9 Å². The molecule has 4 nitrogen and oxygen atoms in total. The van der Waals surface area contributed by atoms with E-state index >= 15 is 0 Å². The fraction of sp³-hybridized carbons (Fsp3) is 0.381. The maximum Gasteiger partial charge on any atom is 0.127 e. The van der Waals surface area contributed by atoms with Gasteiger partial charge in [0, 0.05) is 19.0 Å². The summed E-state index contributed by atoms with van der Waals surface area (Å²) >= 11 is 0. The molecule has 1 atom stereocenters. The Morgan fingerprint density at radius 2 is 2.15 bits per heavy atom. The standard InChI is InChI=1S/C21H25FN4/c1-13-11-21(2,3)17(10-16(13)14-5-4-6-15(22)9-14)19-20(23)26-8-7-24-12-18(26)25-19/h4-6,9-11,17,24H,7-8,12,23H2,1-3H3. The molecule has 2 heterocycles. The van der Waals surface area contributed by atoms with Crippen molar-refractivity contribution < 1.29 is 4.39 Å². The number of hydrogen-bond acceptors (Lipinski definition) is 3. The smallest absolute Gasteiger partial charge is 0.127 e. The number of nitrogens with one attached hydrogen (secondary N) is 1. The highest BCUT2D eigenvalue weighted by atomic mass is 19.1. The van der Waals surface area contributed by atoms with Gasteiger partial charge in [0.2, 0.25) is 0 Å². The molecule has 136 valence electrons. The number of allylic oxidation sites excluding steroid dienone is 4. The van der Waals surface area contributed by atoms with E-state index in [1.807, 2.05) is 6.07 Å². The van der Waals surface area contributed by atoms with Crippen LogP contribution in [-0.4, -0.2) is 16.1 Å². The fourth-order valence-corrected chi connectivity index (χ4v) is 4.19. The summed E-state index contributed by atoms with van der Waals surface area (Å²) in [4.78, 5) is 4.87. The molecule has 0 amide bonds. The molecule has 1 aromatic heterocycles. The van der Waals surface area contributed by atoms with Crippen LogP contribution in [0.5, 0.6) is 0 Å². The molecule has 2 aromatic rings. The average Bonchev–Trinajstić information content (AvgIpc) is 2.91. The third-order valence-electron chi connectivity index (χ3n) is 5.49. The Morgan fingerprint density at radius 3 is 2.88 bits per heavy atom. The van der Waals surface area contributed by atoms with Crippen molar-refractivity contribution in [3.63, 3.8) is 0 Å². The Kier molecular flexibility index (Phi) is 3.99. The Balaban J connectivity index is 1.83. The largest absolute Gasteiger partial charge is 0.384 e. The molecule has 1 aliphatic heterocycles. The predicted octanol–water partition coefficient (Wildman–Crippen LogP) is 3.86. The van der Waals surface area contributed by atoms with Crippen LogP contribution in [0.1, 0.15) is 43.8 Å². The summed E-state index contributed by atoms with van der Waals surface area (Å²) in [5.41, 5.74) is 10.4. The number of nitrogens with zero attached hydrogens (tertiary/aromatic N) is 2. The summed E-state index contributed by atoms with van der Waals surface area (Å²) in [5.74, 6) is 1.57. The molecule has 1 aromatic carbocycles. The number of halogens is 1. The molecule has 0 radical (unpaired) electrons. The van der Waals surface area contributed by atoms with Crippen LogP contribution in [0.25, 0.3) is 5.57 Å². The predicted molar refractivity (Wildman–Crippen MR) is 103 cm³/mol. The highest BCUT2D eigenvalue weighted by Crippen LogP contribution is 2.47. The molecule has 0 bridgehead atoms. The zero-order chi connectivity index (χ0) is 18.5. The lowest BCUT2D eigenvalue weighted by Crippen LogP contribution is -2.28. The lowest BCUT2D eigenvalue weighted by molar-refractivity contribution is 0.415. The van der Waals surface area contributed by atoms with Crippen LogP contribution in [0.4, 0.5) is 10.2 Å². The molecule has 1 aliphatic carbocycles. The van der Waals surface area contributed by atoms with E-state index in [0.717, 1.165) is 53.7 Å². The van der Waals surface area contributed by atoms with E-state index in [2.05, 4.69) is 42.8 Å². The molecule has 0 saturated heterocycles. The number of fused-ring (bicyclic) bond motifs is 1. The van der Waals surface area contributed by atoms with Gasteiger partial charge in [-0.2, -0.15) is 0 Å². The van der Waals surface area contributed by atoms with Gasteiger partial charge in [-0.05, 0) is 41.2 Å². The Morgan fingerprint density at radius 1 is 1.35 bits per heavy atom. The highest BCUT2D eigenvalue weighted by Gasteiger charge is 2.36. The molecule has 3 N–H and O–H groups in total. The van der Waals surface area contributed by atoms with Crippen LogP contribution in [0.15, 0.2) is 42.0 Å². The molecule has 5 heteroatoms. The molecule has 0 saturated carbocycles. The van der Waals surface area contributed by atoms with Crippen LogP contribution in [0, 0.1) is 11.2 Å². The van der Waals surface area contributed by atoms with Crippen LogP contribution in [0.3, 0.4) is 0 Å². The molecule has 0 fully saturated rings. The molecular formula is C21H25FN4. The summed E-state index contributed by atoms with van der Waals surface area (Å²) in [7, 11) is 0. The van der Waals surface area contributed by atoms with E-state index in [0.29, 0.717) is 0 Å². The lowest BCUT2D eigenvalue weighted by atomic mass is 9.70. The quantitative estimate of drug-likeness (QED) is 0.863. The molecule has 26 heavy (non-hydrogen) atoms. The Hall–Kier alpha value is -2.40. The minimum Gasteiger partial charge on any atom is -0.384 e. The Labute approximate surface area is 153 Å². The lowest BCUT2D eigenvalue weighted by Gasteiger charge is -2.34. The van der Waals surface area contributed by atoms with Gasteiger partial charge in [-0.1, -0.05) is 38.1 Å². The van der Waals surface area contributed by atoms with Gasteiger partial charge in [-0.25, -0.2) is 9.37 Å². The van der Waals surface area contributed by atoms with E-state index in [1.54, 1.807) is 12.1 Å². The number of aromatic nitrogens is 2. The van der Waals surface area contributed by atoms with Gasteiger partial charge in [-0.3, -0.25) is 0 Å².